The van der Waals surface area contributed by atoms with Crippen molar-refractivity contribution >= 4 is 47.6 Å². The Morgan fingerprint density at radius 2 is 1.91 bits per heavy atom. The minimum atomic E-state index is -0.0103. The Balaban J connectivity index is 0.00000484. The molecule has 0 bridgehead atoms. The van der Waals surface area contributed by atoms with E-state index in [0.717, 1.165) is 13.1 Å². The molecule has 0 spiro atoms. The van der Waals surface area contributed by atoms with E-state index in [1.165, 1.54) is 4.90 Å². The number of thioether (sulfide) groups is 1. The van der Waals surface area contributed by atoms with Gasteiger partial charge in [0.05, 0.1) is 0 Å². The van der Waals surface area contributed by atoms with Crippen LogP contribution in [0.3, 0.4) is 0 Å². The molecule has 0 aliphatic carbocycles. The lowest BCUT2D eigenvalue weighted by Gasteiger charge is -2.16. The first kappa shape index (κ1) is 22.0. The highest BCUT2D eigenvalue weighted by atomic mass is 127. The number of benzene rings is 1. The van der Waals surface area contributed by atoms with Crippen molar-refractivity contribution < 1.29 is 4.79 Å². The van der Waals surface area contributed by atoms with Crippen molar-refractivity contribution in [3.63, 3.8) is 0 Å². The van der Waals surface area contributed by atoms with Crippen LogP contribution in [0.25, 0.3) is 0 Å². The van der Waals surface area contributed by atoms with Crippen LogP contribution in [-0.4, -0.2) is 55.7 Å². The number of guanidine groups is 1. The quantitative estimate of drug-likeness (QED) is 0.290. The summed E-state index contributed by atoms with van der Waals surface area (Å²) < 4.78 is 0. The summed E-state index contributed by atoms with van der Waals surface area (Å²) in [6.45, 7) is 5.87. The Hall–Kier alpha value is -0.960. The SMILES string of the molecule is CCNC(=NCC(=O)N(C)C)NCC(C)Sc1ccccc1.I. The molecule has 1 aromatic rings. The molecule has 1 atom stereocenters. The number of likely N-dealkylation sites (N-methyl/N-ethyl adjacent to an activating group) is 1. The first-order valence-electron chi connectivity index (χ1n) is 7.47. The van der Waals surface area contributed by atoms with Crippen LogP contribution in [0.1, 0.15) is 13.8 Å². The topological polar surface area (TPSA) is 56.7 Å². The largest absolute Gasteiger partial charge is 0.357 e. The van der Waals surface area contributed by atoms with Gasteiger partial charge in [-0.05, 0) is 19.1 Å². The Labute approximate surface area is 160 Å². The second-order valence-corrected chi connectivity index (χ2v) is 6.62. The van der Waals surface area contributed by atoms with Crippen LogP contribution < -0.4 is 10.6 Å². The van der Waals surface area contributed by atoms with E-state index < -0.39 is 0 Å². The first-order valence-corrected chi connectivity index (χ1v) is 8.35. The number of halogens is 1. The molecule has 130 valence electrons. The van der Waals surface area contributed by atoms with E-state index in [1.54, 1.807) is 19.0 Å². The van der Waals surface area contributed by atoms with Crippen molar-refractivity contribution in [2.45, 2.75) is 24.0 Å². The number of nitrogens with one attached hydrogen (secondary N) is 2. The van der Waals surface area contributed by atoms with Crippen LogP contribution >= 0.6 is 35.7 Å². The maximum atomic E-state index is 11.6. The summed E-state index contributed by atoms with van der Waals surface area (Å²) in [6, 6.07) is 10.3. The second kappa shape index (κ2) is 12.5. The van der Waals surface area contributed by atoms with Crippen molar-refractivity contribution in [2.75, 3.05) is 33.7 Å². The molecule has 1 aromatic carbocycles. The van der Waals surface area contributed by atoms with E-state index in [1.807, 2.05) is 36.9 Å². The zero-order valence-corrected chi connectivity index (χ0v) is 17.4. The number of amides is 1. The third kappa shape index (κ3) is 9.70. The van der Waals surface area contributed by atoms with Gasteiger partial charge in [0.25, 0.3) is 0 Å². The maximum absolute atomic E-state index is 11.6. The van der Waals surface area contributed by atoms with Gasteiger partial charge in [-0.3, -0.25) is 4.79 Å². The number of carbonyl (C=O) groups excluding carboxylic acids is 1. The fraction of sp³-hybridized carbons (Fsp3) is 0.500. The van der Waals surface area contributed by atoms with Crippen molar-refractivity contribution in [3.8, 4) is 0 Å². The van der Waals surface area contributed by atoms with Crippen LogP contribution in [0, 0.1) is 0 Å². The third-order valence-corrected chi connectivity index (χ3v) is 3.97. The fourth-order valence-corrected chi connectivity index (χ4v) is 2.59. The Bertz CT molecular complexity index is 482. The number of aliphatic imine (C=N–C) groups is 1. The molecule has 0 saturated heterocycles. The monoisotopic (exact) mass is 450 g/mol. The number of nitrogens with zero attached hydrogens (tertiary/aromatic N) is 2. The lowest BCUT2D eigenvalue weighted by atomic mass is 10.4. The van der Waals surface area contributed by atoms with Crippen molar-refractivity contribution in [1.82, 2.24) is 15.5 Å². The van der Waals surface area contributed by atoms with Gasteiger partial charge >= 0.3 is 0 Å². The molecule has 5 nitrogen and oxygen atoms in total. The molecule has 0 aromatic heterocycles. The van der Waals surface area contributed by atoms with Gasteiger partial charge in [0.1, 0.15) is 6.54 Å². The lowest BCUT2D eigenvalue weighted by Crippen LogP contribution is -2.40. The summed E-state index contributed by atoms with van der Waals surface area (Å²) in [4.78, 5) is 18.7. The zero-order valence-electron chi connectivity index (χ0n) is 14.2. The van der Waals surface area contributed by atoms with E-state index in [-0.39, 0.29) is 36.4 Å². The van der Waals surface area contributed by atoms with E-state index in [2.05, 4.69) is 34.7 Å². The summed E-state index contributed by atoms with van der Waals surface area (Å²) in [5.41, 5.74) is 0. The van der Waals surface area contributed by atoms with Gasteiger partial charge in [-0.2, -0.15) is 0 Å². The predicted octanol–water partition coefficient (Wildman–Crippen LogP) is 2.43. The van der Waals surface area contributed by atoms with Crippen LogP contribution in [-0.2, 0) is 4.79 Å². The highest BCUT2D eigenvalue weighted by Crippen LogP contribution is 2.21. The molecule has 7 heteroatoms. The molecular weight excluding hydrogens is 423 g/mol. The molecule has 0 aliphatic heterocycles. The van der Waals surface area contributed by atoms with Gasteiger partial charge in [-0.15, -0.1) is 35.7 Å². The van der Waals surface area contributed by atoms with Crippen LogP contribution in [0.2, 0.25) is 0 Å². The molecule has 1 rings (SSSR count). The number of rotatable bonds is 7. The molecule has 0 aliphatic rings. The predicted molar refractivity (Wildman–Crippen MR) is 110 cm³/mol. The Morgan fingerprint density at radius 1 is 1.26 bits per heavy atom. The summed E-state index contributed by atoms with van der Waals surface area (Å²) in [7, 11) is 3.47. The molecule has 0 heterocycles. The van der Waals surface area contributed by atoms with E-state index in [9.17, 15) is 4.79 Å². The van der Waals surface area contributed by atoms with Gasteiger partial charge in [-0.25, -0.2) is 4.99 Å². The summed E-state index contributed by atoms with van der Waals surface area (Å²) in [5, 5.41) is 6.84. The van der Waals surface area contributed by atoms with Gasteiger partial charge in [0.2, 0.25) is 5.91 Å². The molecule has 1 amide bonds. The van der Waals surface area contributed by atoms with Gasteiger partial charge in [0.15, 0.2) is 5.96 Å². The minimum Gasteiger partial charge on any atom is -0.357 e. The van der Waals surface area contributed by atoms with E-state index in [4.69, 9.17) is 0 Å². The van der Waals surface area contributed by atoms with Crippen molar-refractivity contribution in [3.05, 3.63) is 30.3 Å². The van der Waals surface area contributed by atoms with E-state index in [0.29, 0.717) is 11.2 Å². The standard InChI is InChI=1S/C16H26N4OS.HI/c1-5-17-16(19-12-15(21)20(3)4)18-11-13(2)22-14-9-7-6-8-10-14;/h6-10,13H,5,11-12H2,1-4H3,(H2,17,18,19);1H. The third-order valence-electron chi connectivity index (χ3n) is 2.85. The van der Waals surface area contributed by atoms with Gasteiger partial charge < -0.3 is 15.5 Å². The fourth-order valence-electron chi connectivity index (χ4n) is 1.64. The Morgan fingerprint density at radius 3 is 2.48 bits per heavy atom. The second-order valence-electron chi connectivity index (χ2n) is 5.11. The lowest BCUT2D eigenvalue weighted by molar-refractivity contribution is -0.127. The smallest absolute Gasteiger partial charge is 0.243 e. The highest BCUT2D eigenvalue weighted by molar-refractivity contribution is 14.0. The molecule has 0 radical (unpaired) electrons. The van der Waals surface area contributed by atoms with Crippen LogP contribution in [0.15, 0.2) is 40.2 Å². The summed E-state index contributed by atoms with van der Waals surface area (Å²) >= 11 is 1.81. The molecular formula is C16H27IN4OS. The molecule has 0 saturated carbocycles. The number of carbonyl (C=O) groups is 1. The normalized spacial score (nSPS) is 12.1. The summed E-state index contributed by atoms with van der Waals surface area (Å²) in [6.07, 6.45) is 0. The Kier molecular flexibility index (Phi) is 11.9. The molecule has 0 fully saturated rings. The van der Waals surface area contributed by atoms with Crippen molar-refractivity contribution in [2.24, 2.45) is 4.99 Å². The first-order chi connectivity index (χ1) is 10.5. The average Bonchev–Trinajstić information content (AvgIpc) is 2.50. The maximum Gasteiger partial charge on any atom is 0.243 e. The van der Waals surface area contributed by atoms with Crippen molar-refractivity contribution in [1.29, 1.82) is 0 Å². The van der Waals surface area contributed by atoms with Crippen LogP contribution in [0.5, 0.6) is 0 Å². The van der Waals surface area contributed by atoms with Crippen LogP contribution in [0.4, 0.5) is 0 Å². The minimum absolute atomic E-state index is 0. The highest BCUT2D eigenvalue weighted by Gasteiger charge is 2.07. The van der Waals surface area contributed by atoms with Gasteiger partial charge in [0, 0.05) is 37.3 Å². The molecule has 1 unspecified atom stereocenters. The summed E-state index contributed by atoms with van der Waals surface area (Å²) in [5.74, 6) is 0.669. The van der Waals surface area contributed by atoms with Gasteiger partial charge in [-0.1, -0.05) is 25.1 Å². The number of hydrogen-bond donors (Lipinski definition) is 2. The zero-order chi connectivity index (χ0) is 16.4. The average molecular weight is 450 g/mol. The van der Waals surface area contributed by atoms with E-state index >= 15 is 0 Å². The number of hydrogen-bond acceptors (Lipinski definition) is 3. The molecule has 2 N–H and O–H groups in total. The molecule has 23 heavy (non-hydrogen) atoms.